The second kappa shape index (κ2) is 7.17. The minimum atomic E-state index is -0.261. The summed E-state index contributed by atoms with van der Waals surface area (Å²) in [6.45, 7) is 2.68. The minimum absolute atomic E-state index is 0.261. The predicted octanol–water partition coefficient (Wildman–Crippen LogP) is 2.52. The van der Waals surface area contributed by atoms with Crippen LogP contribution in [-0.2, 0) is 6.54 Å². The Morgan fingerprint density at radius 3 is 2.70 bits per heavy atom. The number of hydrogen-bond acceptors (Lipinski definition) is 4. The average Bonchev–Trinajstić information content (AvgIpc) is 2.87. The van der Waals surface area contributed by atoms with Crippen molar-refractivity contribution in [3.63, 3.8) is 0 Å². The molecule has 0 unspecified atom stereocenters. The summed E-state index contributed by atoms with van der Waals surface area (Å²) in [7, 11) is 4.12. The Kier molecular flexibility index (Phi) is 5.26. The van der Waals surface area contributed by atoms with Gasteiger partial charge in [0.15, 0.2) is 0 Å². The van der Waals surface area contributed by atoms with E-state index in [1.54, 1.807) is 18.4 Å². The number of rotatable bonds is 7. The van der Waals surface area contributed by atoms with Crippen molar-refractivity contribution < 1.29 is 8.81 Å². The molecule has 1 aromatic carbocycles. The summed E-state index contributed by atoms with van der Waals surface area (Å²) < 4.78 is 18.2. The molecule has 0 saturated carbocycles. The van der Waals surface area contributed by atoms with Crippen molar-refractivity contribution in [1.82, 2.24) is 15.2 Å². The van der Waals surface area contributed by atoms with Crippen LogP contribution in [0.25, 0.3) is 11.5 Å². The summed E-state index contributed by atoms with van der Waals surface area (Å²) in [6.07, 6.45) is 2.73. The van der Waals surface area contributed by atoms with Gasteiger partial charge in [-0.3, -0.25) is 0 Å². The van der Waals surface area contributed by atoms with Crippen LogP contribution in [0.3, 0.4) is 0 Å². The van der Waals surface area contributed by atoms with Crippen LogP contribution in [0.1, 0.15) is 12.1 Å². The zero-order valence-corrected chi connectivity index (χ0v) is 11.9. The molecule has 0 bridgehead atoms. The molecule has 20 heavy (non-hydrogen) atoms. The highest BCUT2D eigenvalue weighted by molar-refractivity contribution is 5.52. The van der Waals surface area contributed by atoms with Gasteiger partial charge in [-0.1, -0.05) is 0 Å². The molecule has 1 heterocycles. The Hall–Kier alpha value is -1.72. The van der Waals surface area contributed by atoms with E-state index in [1.807, 2.05) is 0 Å². The van der Waals surface area contributed by atoms with Gasteiger partial charge < -0.3 is 14.6 Å². The van der Waals surface area contributed by atoms with Crippen molar-refractivity contribution in [2.24, 2.45) is 0 Å². The fourth-order valence-electron chi connectivity index (χ4n) is 1.85. The van der Waals surface area contributed by atoms with Gasteiger partial charge in [0.05, 0.1) is 5.69 Å². The summed E-state index contributed by atoms with van der Waals surface area (Å²) in [6, 6.07) is 6.13. The largest absolute Gasteiger partial charge is 0.444 e. The lowest BCUT2D eigenvalue weighted by Gasteiger charge is -2.08. The first-order chi connectivity index (χ1) is 9.65. The van der Waals surface area contributed by atoms with Crippen LogP contribution in [0.2, 0.25) is 0 Å². The van der Waals surface area contributed by atoms with Crippen molar-refractivity contribution in [2.75, 3.05) is 27.2 Å². The maximum Gasteiger partial charge on any atom is 0.226 e. The van der Waals surface area contributed by atoms with E-state index in [4.69, 9.17) is 4.42 Å². The Bertz CT molecular complexity index is 522. The van der Waals surface area contributed by atoms with Crippen molar-refractivity contribution in [3.8, 4) is 11.5 Å². The lowest BCUT2D eigenvalue weighted by Crippen LogP contribution is -2.21. The lowest BCUT2D eigenvalue weighted by atomic mass is 10.2. The number of oxazole rings is 1. The highest BCUT2D eigenvalue weighted by atomic mass is 19.1. The summed E-state index contributed by atoms with van der Waals surface area (Å²) >= 11 is 0. The van der Waals surface area contributed by atoms with Crippen LogP contribution < -0.4 is 5.32 Å². The van der Waals surface area contributed by atoms with Crippen molar-refractivity contribution in [1.29, 1.82) is 0 Å². The molecule has 0 saturated heterocycles. The topological polar surface area (TPSA) is 41.3 Å². The van der Waals surface area contributed by atoms with Gasteiger partial charge in [-0.15, -0.1) is 0 Å². The van der Waals surface area contributed by atoms with Crippen LogP contribution in [0.5, 0.6) is 0 Å². The summed E-state index contributed by atoms with van der Waals surface area (Å²) in [5.41, 5.74) is 1.64. The van der Waals surface area contributed by atoms with Gasteiger partial charge in [0.25, 0.3) is 0 Å². The first-order valence-corrected chi connectivity index (χ1v) is 6.71. The molecule has 0 aliphatic carbocycles. The van der Waals surface area contributed by atoms with E-state index < -0.39 is 0 Å². The molecule has 0 aliphatic rings. The molecular formula is C15H20FN3O. The third-order valence-electron chi connectivity index (χ3n) is 2.91. The molecular weight excluding hydrogens is 257 g/mol. The van der Waals surface area contributed by atoms with Crippen LogP contribution in [0, 0.1) is 5.82 Å². The van der Waals surface area contributed by atoms with Crippen LogP contribution in [0.15, 0.2) is 34.9 Å². The zero-order chi connectivity index (χ0) is 14.4. The molecule has 0 radical (unpaired) electrons. The average molecular weight is 277 g/mol. The number of aromatic nitrogens is 1. The second-order valence-corrected chi connectivity index (χ2v) is 4.98. The first-order valence-electron chi connectivity index (χ1n) is 6.71. The molecule has 0 spiro atoms. The molecule has 0 amide bonds. The number of hydrogen-bond donors (Lipinski definition) is 1. The molecule has 2 rings (SSSR count). The highest BCUT2D eigenvalue weighted by Gasteiger charge is 2.06. The standard InChI is InChI=1S/C15H20FN3O/c1-19(2)9-3-8-17-10-14-11-20-15(18-14)12-4-6-13(16)7-5-12/h4-7,11,17H,3,8-10H2,1-2H3. The normalized spacial score (nSPS) is 11.2. The van der Waals surface area contributed by atoms with Crippen molar-refractivity contribution >= 4 is 0 Å². The summed E-state index contributed by atoms with van der Waals surface area (Å²) in [5, 5.41) is 3.32. The second-order valence-electron chi connectivity index (χ2n) is 4.98. The fraction of sp³-hybridized carbons (Fsp3) is 0.400. The predicted molar refractivity (Wildman–Crippen MR) is 76.8 cm³/mol. The molecule has 0 atom stereocenters. The lowest BCUT2D eigenvalue weighted by molar-refractivity contribution is 0.394. The maximum absolute atomic E-state index is 12.8. The van der Waals surface area contributed by atoms with Crippen LogP contribution in [0.4, 0.5) is 4.39 Å². The van der Waals surface area contributed by atoms with Crippen molar-refractivity contribution in [2.45, 2.75) is 13.0 Å². The number of nitrogens with one attached hydrogen (secondary N) is 1. The monoisotopic (exact) mass is 277 g/mol. The van der Waals surface area contributed by atoms with Gasteiger partial charge >= 0.3 is 0 Å². The Balaban J connectivity index is 1.82. The molecule has 4 nitrogen and oxygen atoms in total. The Labute approximate surface area is 118 Å². The van der Waals surface area contributed by atoms with E-state index >= 15 is 0 Å². The highest BCUT2D eigenvalue weighted by Crippen LogP contribution is 2.18. The van der Waals surface area contributed by atoms with E-state index in [1.165, 1.54) is 12.1 Å². The van der Waals surface area contributed by atoms with E-state index in [0.717, 1.165) is 30.8 Å². The molecule has 1 N–H and O–H groups in total. The van der Waals surface area contributed by atoms with E-state index in [9.17, 15) is 4.39 Å². The van der Waals surface area contributed by atoms with Gasteiger partial charge in [-0.25, -0.2) is 9.37 Å². The molecule has 2 aromatic rings. The SMILES string of the molecule is CN(C)CCCNCc1coc(-c2ccc(F)cc2)n1. The van der Waals surface area contributed by atoms with Crippen LogP contribution in [-0.4, -0.2) is 37.1 Å². The van der Waals surface area contributed by atoms with Gasteiger partial charge in [-0.05, 0) is 57.9 Å². The summed E-state index contributed by atoms with van der Waals surface area (Å²) in [5.74, 6) is 0.262. The molecule has 0 aliphatic heterocycles. The number of nitrogens with zero attached hydrogens (tertiary/aromatic N) is 2. The van der Waals surface area contributed by atoms with Crippen molar-refractivity contribution in [3.05, 3.63) is 42.0 Å². The number of halogens is 1. The maximum atomic E-state index is 12.8. The zero-order valence-electron chi connectivity index (χ0n) is 11.9. The number of benzene rings is 1. The third kappa shape index (κ3) is 4.43. The van der Waals surface area contributed by atoms with E-state index in [2.05, 4.69) is 29.3 Å². The third-order valence-corrected chi connectivity index (χ3v) is 2.91. The molecule has 0 fully saturated rings. The molecule has 5 heteroatoms. The van der Waals surface area contributed by atoms with Gasteiger partial charge in [-0.2, -0.15) is 0 Å². The Morgan fingerprint density at radius 2 is 2.00 bits per heavy atom. The Morgan fingerprint density at radius 1 is 1.25 bits per heavy atom. The molecule has 108 valence electrons. The quantitative estimate of drug-likeness (QED) is 0.790. The van der Waals surface area contributed by atoms with Gasteiger partial charge in [0.2, 0.25) is 5.89 Å². The summed E-state index contributed by atoms with van der Waals surface area (Å²) in [4.78, 5) is 6.54. The molecule has 1 aromatic heterocycles. The van der Waals surface area contributed by atoms with E-state index in [0.29, 0.717) is 12.4 Å². The van der Waals surface area contributed by atoms with E-state index in [-0.39, 0.29) is 5.82 Å². The fourth-order valence-corrected chi connectivity index (χ4v) is 1.85. The first kappa shape index (κ1) is 14.7. The van der Waals surface area contributed by atoms with Crippen LogP contribution >= 0.6 is 0 Å². The van der Waals surface area contributed by atoms with Gasteiger partial charge in [0, 0.05) is 12.1 Å². The smallest absolute Gasteiger partial charge is 0.226 e. The minimum Gasteiger partial charge on any atom is -0.444 e. The van der Waals surface area contributed by atoms with Gasteiger partial charge in [0.1, 0.15) is 12.1 Å².